The molecule has 1 aromatic carbocycles. The number of nitrogens with one attached hydrogen (secondary N) is 2. The average molecular weight is 348 g/mol. The molecule has 2 N–H and O–H groups in total. The monoisotopic (exact) mass is 348 g/mol. The molecule has 0 unspecified atom stereocenters. The fraction of sp³-hybridized carbons (Fsp3) is 0.467. The van der Waals surface area contributed by atoms with Gasteiger partial charge in [0.15, 0.2) is 0 Å². The van der Waals surface area contributed by atoms with Crippen molar-refractivity contribution in [3.63, 3.8) is 0 Å². The largest absolute Gasteiger partial charge is 0.462 e. The summed E-state index contributed by atoms with van der Waals surface area (Å²) in [6.45, 7) is 1.84. The molecule has 0 aliphatic carbocycles. The van der Waals surface area contributed by atoms with Crippen molar-refractivity contribution in [3.8, 4) is 0 Å². The smallest absolute Gasteiger partial charge is 0.448 e. The summed E-state index contributed by atoms with van der Waals surface area (Å²) >= 11 is 0. The van der Waals surface area contributed by atoms with Gasteiger partial charge in [0.1, 0.15) is 0 Å². The van der Waals surface area contributed by atoms with Gasteiger partial charge in [-0.05, 0) is 19.4 Å². The van der Waals surface area contributed by atoms with Crippen LogP contribution in [0.25, 0.3) is 0 Å². The number of benzene rings is 1. The molecule has 0 bridgehead atoms. The zero-order valence-electron chi connectivity index (χ0n) is 13.3. The summed E-state index contributed by atoms with van der Waals surface area (Å²) in [5.74, 6) is -1.73. The van der Waals surface area contributed by atoms with Crippen LogP contribution in [0.4, 0.5) is 18.0 Å². The summed E-state index contributed by atoms with van der Waals surface area (Å²) in [4.78, 5) is 23.7. The summed E-state index contributed by atoms with van der Waals surface area (Å²) in [6.07, 6.45) is -5.20. The zero-order valence-corrected chi connectivity index (χ0v) is 13.3. The van der Waals surface area contributed by atoms with Crippen LogP contribution >= 0.6 is 0 Å². The maximum absolute atomic E-state index is 13.4. The van der Waals surface area contributed by atoms with Crippen LogP contribution in [0.5, 0.6) is 0 Å². The minimum atomic E-state index is -5.20. The lowest BCUT2D eigenvalue weighted by Crippen LogP contribution is -2.67. The molecule has 0 heterocycles. The van der Waals surface area contributed by atoms with Gasteiger partial charge in [0.2, 0.25) is 0 Å². The summed E-state index contributed by atoms with van der Waals surface area (Å²) < 4.78 is 49.2. The summed E-state index contributed by atoms with van der Waals surface area (Å²) in [5, 5.41) is 3.80. The molecule has 9 heteroatoms. The molecule has 134 valence electrons. The number of hydrogen-bond acceptors (Lipinski definition) is 4. The molecule has 1 rings (SSSR count). The molecule has 0 spiro atoms. The molecule has 1 aromatic rings. The van der Waals surface area contributed by atoms with Crippen molar-refractivity contribution in [2.45, 2.75) is 32.3 Å². The van der Waals surface area contributed by atoms with Crippen LogP contribution in [-0.4, -0.2) is 37.1 Å². The Morgan fingerprint density at radius 3 is 2.21 bits per heavy atom. The minimum Gasteiger partial charge on any atom is -0.462 e. The standard InChI is InChI=1S/C15H19F3N2O4/c1-3-23-12(21)14(24-4-2,15(16,17)18)20-13(22)19-10-11-8-6-5-7-9-11/h5-9H,3-4,10H2,1-2H3,(H2,19,20,22)/t14-/m0/s1. The van der Waals surface area contributed by atoms with Gasteiger partial charge in [-0.2, -0.15) is 13.2 Å². The SMILES string of the molecule is CCOC(=O)[C@](NC(=O)NCc1ccccc1)(OCC)C(F)(F)F. The maximum atomic E-state index is 13.4. The van der Waals surface area contributed by atoms with Crippen molar-refractivity contribution in [3.05, 3.63) is 35.9 Å². The normalized spacial score (nSPS) is 13.7. The van der Waals surface area contributed by atoms with E-state index in [0.717, 1.165) is 0 Å². The number of ether oxygens (including phenoxy) is 2. The number of esters is 1. The van der Waals surface area contributed by atoms with Gasteiger partial charge in [0.05, 0.1) is 6.61 Å². The van der Waals surface area contributed by atoms with E-state index in [1.807, 2.05) is 0 Å². The topological polar surface area (TPSA) is 76.7 Å². The Kier molecular flexibility index (Phi) is 7.02. The number of alkyl halides is 3. The molecule has 24 heavy (non-hydrogen) atoms. The van der Waals surface area contributed by atoms with Gasteiger partial charge in [0, 0.05) is 13.2 Å². The van der Waals surface area contributed by atoms with Crippen LogP contribution in [0.1, 0.15) is 19.4 Å². The highest BCUT2D eigenvalue weighted by atomic mass is 19.4. The van der Waals surface area contributed by atoms with Gasteiger partial charge in [-0.15, -0.1) is 0 Å². The fourth-order valence-corrected chi connectivity index (χ4v) is 1.85. The lowest BCUT2D eigenvalue weighted by Gasteiger charge is -2.33. The first kappa shape index (κ1) is 19.8. The first-order valence-corrected chi connectivity index (χ1v) is 7.24. The highest BCUT2D eigenvalue weighted by Crippen LogP contribution is 2.33. The Labute approximate surface area is 137 Å². The van der Waals surface area contributed by atoms with Gasteiger partial charge in [-0.1, -0.05) is 30.3 Å². The Morgan fingerprint density at radius 2 is 1.71 bits per heavy atom. The highest BCUT2D eigenvalue weighted by molar-refractivity contribution is 5.87. The van der Waals surface area contributed by atoms with Crippen LogP contribution in [0, 0.1) is 0 Å². The molecule has 6 nitrogen and oxygen atoms in total. The van der Waals surface area contributed by atoms with Gasteiger partial charge in [-0.3, -0.25) is 5.32 Å². The molecule has 0 fully saturated rings. The van der Waals surface area contributed by atoms with Crippen molar-refractivity contribution in [1.82, 2.24) is 10.6 Å². The quantitative estimate of drug-likeness (QED) is 0.586. The third kappa shape index (κ3) is 4.85. The highest BCUT2D eigenvalue weighted by Gasteiger charge is 2.64. The van der Waals surface area contributed by atoms with Crippen molar-refractivity contribution >= 4 is 12.0 Å². The van der Waals surface area contributed by atoms with Gasteiger partial charge in [-0.25, -0.2) is 9.59 Å². The second-order valence-corrected chi connectivity index (χ2v) is 4.63. The third-order valence-electron chi connectivity index (χ3n) is 2.91. The number of hydrogen-bond donors (Lipinski definition) is 2. The van der Waals surface area contributed by atoms with E-state index in [1.165, 1.54) is 13.8 Å². The fourth-order valence-electron chi connectivity index (χ4n) is 1.85. The van der Waals surface area contributed by atoms with Crippen LogP contribution in [0.15, 0.2) is 30.3 Å². The molecule has 0 aliphatic rings. The summed E-state index contributed by atoms with van der Waals surface area (Å²) in [6, 6.07) is 7.35. The van der Waals surface area contributed by atoms with E-state index in [2.05, 4.69) is 14.8 Å². The predicted molar refractivity (Wildman–Crippen MR) is 78.9 cm³/mol. The summed E-state index contributed by atoms with van der Waals surface area (Å²) in [5.41, 5.74) is -2.88. The van der Waals surface area contributed by atoms with E-state index in [0.29, 0.717) is 5.56 Å². The number of carbonyl (C=O) groups is 2. The molecule has 0 saturated heterocycles. The van der Waals surface area contributed by atoms with Crippen LogP contribution in [0.2, 0.25) is 0 Å². The summed E-state index contributed by atoms with van der Waals surface area (Å²) in [7, 11) is 0. The molecule has 1 atom stereocenters. The lowest BCUT2D eigenvalue weighted by atomic mass is 10.2. The number of halogens is 3. The molecule has 0 radical (unpaired) electrons. The van der Waals surface area contributed by atoms with Crippen LogP contribution < -0.4 is 10.6 Å². The van der Waals surface area contributed by atoms with Crippen LogP contribution in [0.3, 0.4) is 0 Å². The second-order valence-electron chi connectivity index (χ2n) is 4.63. The zero-order chi connectivity index (χ0) is 18.2. The molecule has 0 saturated carbocycles. The number of urea groups is 1. The average Bonchev–Trinajstić information content (AvgIpc) is 2.52. The molecule has 0 aliphatic heterocycles. The Bertz CT molecular complexity index is 551. The Hall–Kier alpha value is -2.29. The number of rotatable bonds is 7. The van der Waals surface area contributed by atoms with Gasteiger partial charge in [0.25, 0.3) is 0 Å². The van der Waals surface area contributed by atoms with Crippen molar-refractivity contribution in [2.75, 3.05) is 13.2 Å². The Balaban J connectivity index is 2.90. The van der Waals surface area contributed by atoms with Crippen molar-refractivity contribution < 1.29 is 32.2 Å². The van der Waals surface area contributed by atoms with Crippen LogP contribution in [-0.2, 0) is 20.8 Å². The lowest BCUT2D eigenvalue weighted by molar-refractivity contribution is -0.283. The van der Waals surface area contributed by atoms with E-state index in [9.17, 15) is 22.8 Å². The van der Waals surface area contributed by atoms with Gasteiger partial charge >= 0.3 is 23.9 Å². The second kappa shape index (κ2) is 8.53. The van der Waals surface area contributed by atoms with E-state index in [-0.39, 0.29) is 13.2 Å². The van der Waals surface area contributed by atoms with Gasteiger partial charge < -0.3 is 14.8 Å². The molecular weight excluding hydrogens is 329 g/mol. The molecule has 0 aromatic heterocycles. The maximum Gasteiger partial charge on any atom is 0.448 e. The molecular formula is C15H19F3N2O4. The van der Waals surface area contributed by atoms with Crippen molar-refractivity contribution in [2.24, 2.45) is 0 Å². The third-order valence-corrected chi connectivity index (χ3v) is 2.91. The Morgan fingerprint density at radius 1 is 1.08 bits per heavy atom. The minimum absolute atomic E-state index is 0.0183. The van der Waals surface area contributed by atoms with E-state index >= 15 is 0 Å². The first-order chi connectivity index (χ1) is 11.3. The molecule has 2 amide bonds. The first-order valence-electron chi connectivity index (χ1n) is 7.24. The predicted octanol–water partition coefficient (Wildman–Crippen LogP) is 2.34. The van der Waals surface area contributed by atoms with Crippen molar-refractivity contribution in [1.29, 1.82) is 0 Å². The van der Waals surface area contributed by atoms with E-state index in [4.69, 9.17) is 0 Å². The number of amides is 2. The van der Waals surface area contributed by atoms with E-state index in [1.54, 1.807) is 35.6 Å². The number of carbonyl (C=O) groups excluding carboxylic acids is 2. The van der Waals surface area contributed by atoms with E-state index < -0.39 is 30.5 Å².